The molecule has 86 valence electrons. The molecule has 0 saturated heterocycles. The molecule has 1 aromatic carbocycles. The van der Waals surface area contributed by atoms with E-state index in [2.05, 4.69) is 0 Å². The Bertz CT molecular complexity index is 526. The van der Waals surface area contributed by atoms with Gasteiger partial charge in [0, 0.05) is 6.92 Å². The smallest absolute Gasteiger partial charge is 0.223 e. The van der Waals surface area contributed by atoms with Crippen LogP contribution >= 0.6 is 0 Å². The molecular weight excluding hydrogens is 236 g/mol. The molecule has 1 rings (SSSR count). The second kappa shape index (κ2) is 4.18. The SMILES string of the molecule is CC(F)(F)CS(=O)(=O)c1ccccc1C#N. The summed E-state index contributed by atoms with van der Waals surface area (Å²) in [6.07, 6.45) is 0. The minimum atomic E-state index is -4.13. The van der Waals surface area contributed by atoms with Crippen LogP contribution in [0.2, 0.25) is 0 Å². The molecule has 0 radical (unpaired) electrons. The number of alkyl halides is 2. The van der Waals surface area contributed by atoms with E-state index in [0.717, 1.165) is 6.07 Å². The maximum absolute atomic E-state index is 12.7. The predicted octanol–water partition coefficient (Wildman–Crippen LogP) is 1.99. The van der Waals surface area contributed by atoms with Crippen LogP contribution in [0.3, 0.4) is 0 Å². The molecule has 0 aliphatic carbocycles. The van der Waals surface area contributed by atoms with Crippen molar-refractivity contribution in [1.82, 2.24) is 0 Å². The maximum Gasteiger partial charge on any atom is 0.259 e. The summed E-state index contributed by atoms with van der Waals surface area (Å²) in [5.74, 6) is -4.61. The molecular formula is C10H9F2NO2S. The average molecular weight is 245 g/mol. The first-order valence-corrected chi connectivity index (χ1v) is 6.01. The van der Waals surface area contributed by atoms with Gasteiger partial charge in [-0.15, -0.1) is 0 Å². The summed E-state index contributed by atoms with van der Waals surface area (Å²) in [5.41, 5.74) is -0.119. The van der Waals surface area contributed by atoms with Gasteiger partial charge in [-0.1, -0.05) is 12.1 Å². The molecule has 6 heteroatoms. The number of benzene rings is 1. The molecule has 3 nitrogen and oxygen atoms in total. The normalized spacial score (nSPS) is 12.1. The zero-order chi connectivity index (χ0) is 12.4. The first-order chi connectivity index (χ1) is 7.26. The van der Waals surface area contributed by atoms with Gasteiger partial charge in [0.2, 0.25) is 0 Å². The van der Waals surface area contributed by atoms with E-state index in [1.54, 1.807) is 6.07 Å². The molecule has 0 unspecified atom stereocenters. The van der Waals surface area contributed by atoms with E-state index in [1.807, 2.05) is 0 Å². The molecule has 0 N–H and O–H groups in total. The Morgan fingerprint density at radius 1 is 1.38 bits per heavy atom. The van der Waals surface area contributed by atoms with Gasteiger partial charge in [-0.2, -0.15) is 5.26 Å². The highest BCUT2D eigenvalue weighted by Crippen LogP contribution is 2.22. The first-order valence-electron chi connectivity index (χ1n) is 4.36. The van der Waals surface area contributed by atoms with E-state index in [4.69, 9.17) is 5.26 Å². The summed E-state index contributed by atoms with van der Waals surface area (Å²) in [6, 6.07) is 6.96. The molecule has 0 aliphatic heterocycles. The van der Waals surface area contributed by atoms with Crippen LogP contribution in [0.5, 0.6) is 0 Å². The zero-order valence-corrected chi connectivity index (χ0v) is 9.26. The largest absolute Gasteiger partial charge is 0.259 e. The van der Waals surface area contributed by atoms with E-state index >= 15 is 0 Å². The molecule has 0 fully saturated rings. The van der Waals surface area contributed by atoms with Gasteiger partial charge in [-0.25, -0.2) is 17.2 Å². The summed E-state index contributed by atoms with van der Waals surface area (Å²) < 4.78 is 48.5. The minimum Gasteiger partial charge on any atom is -0.223 e. The fraction of sp³-hybridized carbons (Fsp3) is 0.300. The fourth-order valence-corrected chi connectivity index (χ4v) is 2.80. The molecule has 0 atom stereocenters. The van der Waals surface area contributed by atoms with Crippen molar-refractivity contribution in [3.63, 3.8) is 0 Å². The highest BCUT2D eigenvalue weighted by molar-refractivity contribution is 7.91. The molecule has 0 aromatic heterocycles. The van der Waals surface area contributed by atoms with Gasteiger partial charge in [-0.05, 0) is 12.1 Å². The van der Waals surface area contributed by atoms with Crippen molar-refractivity contribution in [3.05, 3.63) is 29.8 Å². The van der Waals surface area contributed by atoms with Gasteiger partial charge in [0.25, 0.3) is 5.92 Å². The van der Waals surface area contributed by atoms with Crippen molar-refractivity contribution in [1.29, 1.82) is 5.26 Å². The lowest BCUT2D eigenvalue weighted by molar-refractivity contribution is 0.0473. The Morgan fingerprint density at radius 3 is 2.44 bits per heavy atom. The summed E-state index contributed by atoms with van der Waals surface area (Å²) >= 11 is 0. The van der Waals surface area contributed by atoms with Crippen molar-refractivity contribution < 1.29 is 17.2 Å². The van der Waals surface area contributed by atoms with Gasteiger partial charge in [-0.3, -0.25) is 0 Å². The molecule has 0 spiro atoms. The topological polar surface area (TPSA) is 57.9 Å². The number of hydrogen-bond acceptors (Lipinski definition) is 3. The van der Waals surface area contributed by atoms with Crippen LogP contribution in [0.25, 0.3) is 0 Å². The van der Waals surface area contributed by atoms with E-state index in [9.17, 15) is 17.2 Å². The summed E-state index contributed by atoms with van der Waals surface area (Å²) in [7, 11) is -4.13. The van der Waals surface area contributed by atoms with E-state index < -0.39 is 21.5 Å². The second-order valence-corrected chi connectivity index (χ2v) is 5.40. The summed E-state index contributed by atoms with van der Waals surface area (Å²) in [5, 5.41) is 8.68. The lowest BCUT2D eigenvalue weighted by Crippen LogP contribution is -2.24. The Morgan fingerprint density at radius 2 is 1.94 bits per heavy atom. The van der Waals surface area contributed by atoms with Crippen LogP contribution in [0, 0.1) is 11.3 Å². The Labute approximate surface area is 92.2 Å². The highest BCUT2D eigenvalue weighted by atomic mass is 32.2. The van der Waals surface area contributed by atoms with E-state index in [1.165, 1.54) is 18.2 Å². The molecule has 0 aliphatic rings. The van der Waals surface area contributed by atoms with Gasteiger partial charge >= 0.3 is 0 Å². The van der Waals surface area contributed by atoms with Crippen LogP contribution in [-0.2, 0) is 9.84 Å². The lowest BCUT2D eigenvalue weighted by Gasteiger charge is -2.11. The third kappa shape index (κ3) is 3.00. The Kier molecular flexibility index (Phi) is 3.29. The van der Waals surface area contributed by atoms with Crippen molar-refractivity contribution in [2.24, 2.45) is 0 Å². The van der Waals surface area contributed by atoms with Crippen LogP contribution in [0.1, 0.15) is 12.5 Å². The van der Waals surface area contributed by atoms with Gasteiger partial charge < -0.3 is 0 Å². The monoisotopic (exact) mass is 245 g/mol. The van der Waals surface area contributed by atoms with Crippen molar-refractivity contribution in [3.8, 4) is 6.07 Å². The third-order valence-electron chi connectivity index (χ3n) is 1.79. The first kappa shape index (κ1) is 12.6. The molecule has 0 bridgehead atoms. The average Bonchev–Trinajstić information content (AvgIpc) is 2.14. The molecule has 0 heterocycles. The van der Waals surface area contributed by atoms with Crippen LogP contribution in [0.4, 0.5) is 8.78 Å². The quantitative estimate of drug-likeness (QED) is 0.818. The lowest BCUT2D eigenvalue weighted by atomic mass is 10.2. The maximum atomic E-state index is 12.7. The third-order valence-corrected chi connectivity index (χ3v) is 3.70. The number of rotatable bonds is 3. The summed E-state index contributed by atoms with van der Waals surface area (Å²) in [6.45, 7) is 0.527. The number of sulfone groups is 1. The summed E-state index contributed by atoms with van der Waals surface area (Å²) in [4.78, 5) is -0.348. The van der Waals surface area contributed by atoms with Crippen molar-refractivity contribution in [2.45, 2.75) is 17.7 Å². The van der Waals surface area contributed by atoms with Gasteiger partial charge in [0.15, 0.2) is 9.84 Å². The van der Waals surface area contributed by atoms with Crippen LogP contribution < -0.4 is 0 Å². The highest BCUT2D eigenvalue weighted by Gasteiger charge is 2.32. The number of hydrogen-bond donors (Lipinski definition) is 0. The zero-order valence-electron chi connectivity index (χ0n) is 8.44. The minimum absolute atomic E-state index is 0.119. The van der Waals surface area contributed by atoms with Crippen LogP contribution in [0.15, 0.2) is 29.2 Å². The van der Waals surface area contributed by atoms with Crippen molar-refractivity contribution in [2.75, 3.05) is 5.75 Å². The number of nitriles is 1. The second-order valence-electron chi connectivity index (χ2n) is 3.44. The number of halogens is 2. The van der Waals surface area contributed by atoms with Crippen LogP contribution in [-0.4, -0.2) is 20.1 Å². The van der Waals surface area contributed by atoms with Crippen molar-refractivity contribution >= 4 is 9.84 Å². The molecule has 0 amide bonds. The predicted molar refractivity (Wildman–Crippen MR) is 53.8 cm³/mol. The Hall–Kier alpha value is -1.48. The van der Waals surface area contributed by atoms with E-state index in [0.29, 0.717) is 6.92 Å². The fourth-order valence-electron chi connectivity index (χ4n) is 1.24. The molecule has 0 saturated carbocycles. The van der Waals surface area contributed by atoms with E-state index in [-0.39, 0.29) is 10.5 Å². The van der Waals surface area contributed by atoms with Gasteiger partial charge in [0.05, 0.1) is 10.5 Å². The molecule has 1 aromatic rings. The standard InChI is InChI=1S/C10H9F2NO2S/c1-10(11,12)7-16(14,15)9-5-3-2-4-8(9)6-13/h2-5H,7H2,1H3. The van der Waals surface area contributed by atoms with Gasteiger partial charge in [0.1, 0.15) is 11.8 Å². The molecule has 16 heavy (non-hydrogen) atoms. The Balaban J connectivity index is 3.24. The number of nitrogens with zero attached hydrogens (tertiary/aromatic N) is 1.